The second kappa shape index (κ2) is 9.62. The first-order valence-corrected chi connectivity index (χ1v) is 12.2. The number of amides is 3. The smallest absolute Gasteiger partial charge is 0.409 e. The van der Waals surface area contributed by atoms with Gasteiger partial charge in [0.15, 0.2) is 11.6 Å². The number of benzene rings is 3. The van der Waals surface area contributed by atoms with E-state index in [1.54, 1.807) is 72.5 Å². The van der Waals surface area contributed by atoms with Crippen LogP contribution in [0.15, 0.2) is 85.2 Å². The van der Waals surface area contributed by atoms with Crippen molar-refractivity contribution >= 4 is 40.3 Å². The number of hydrogen-bond donors (Lipinski definition) is 2. The summed E-state index contributed by atoms with van der Waals surface area (Å²) in [4.78, 5) is 43.5. The quantitative estimate of drug-likeness (QED) is 0.270. The number of aromatic nitrogens is 3. The van der Waals surface area contributed by atoms with Gasteiger partial charge in [0.05, 0.1) is 22.3 Å². The lowest BCUT2D eigenvalue weighted by molar-refractivity contribution is 0.0922. The van der Waals surface area contributed by atoms with Crippen molar-refractivity contribution in [2.45, 2.75) is 13.0 Å². The van der Waals surface area contributed by atoms with E-state index in [0.29, 0.717) is 27.8 Å². The minimum absolute atomic E-state index is 0.0439. The number of carboxylic acid groups (broad SMARTS) is 1. The standard InChI is InChI=1S/C29H20FN5O5/c1-16(22-15-19(32-29(38)39)8-10-24(22)34-12-4-11-31-34)40-25-14-17-13-18(30)7-9-23(17)33-26(25)35-27(36)20-5-2-3-6-21(20)28(35)37/h2-16,32H,1H3,(H,38,39). The molecule has 0 spiro atoms. The Morgan fingerprint density at radius 3 is 2.42 bits per heavy atom. The Kier molecular flexibility index (Phi) is 5.95. The lowest BCUT2D eigenvalue weighted by Crippen LogP contribution is -2.31. The summed E-state index contributed by atoms with van der Waals surface area (Å²) in [7, 11) is 0. The molecule has 10 nitrogen and oxygen atoms in total. The lowest BCUT2D eigenvalue weighted by Gasteiger charge is -2.23. The van der Waals surface area contributed by atoms with Crippen molar-refractivity contribution in [1.82, 2.24) is 14.8 Å². The summed E-state index contributed by atoms with van der Waals surface area (Å²) >= 11 is 0. The molecule has 0 saturated carbocycles. The molecule has 0 fully saturated rings. The molecule has 198 valence electrons. The average Bonchev–Trinajstić information content (AvgIpc) is 3.55. The molecule has 1 atom stereocenters. The van der Waals surface area contributed by atoms with E-state index in [9.17, 15) is 23.9 Å². The van der Waals surface area contributed by atoms with Gasteiger partial charge in [-0.25, -0.2) is 23.8 Å². The minimum Gasteiger partial charge on any atom is -0.482 e. The largest absolute Gasteiger partial charge is 0.482 e. The molecule has 0 saturated heterocycles. The maximum atomic E-state index is 14.1. The molecule has 2 aromatic heterocycles. The maximum absolute atomic E-state index is 14.1. The number of carbonyl (C=O) groups is 3. The zero-order valence-corrected chi connectivity index (χ0v) is 20.9. The topological polar surface area (TPSA) is 127 Å². The van der Waals surface area contributed by atoms with Crippen molar-refractivity contribution in [3.8, 4) is 11.4 Å². The van der Waals surface area contributed by atoms with Crippen LogP contribution in [0.3, 0.4) is 0 Å². The number of nitrogens with zero attached hydrogens (tertiary/aromatic N) is 4. The van der Waals surface area contributed by atoms with E-state index >= 15 is 0 Å². The molecule has 0 radical (unpaired) electrons. The number of halogens is 1. The molecular weight excluding hydrogens is 517 g/mol. The van der Waals surface area contributed by atoms with Crippen molar-refractivity contribution < 1.29 is 28.6 Å². The van der Waals surface area contributed by atoms with Crippen LogP contribution in [-0.2, 0) is 0 Å². The predicted molar refractivity (Wildman–Crippen MR) is 144 cm³/mol. The van der Waals surface area contributed by atoms with Crippen LogP contribution in [-0.4, -0.2) is 37.8 Å². The van der Waals surface area contributed by atoms with E-state index in [-0.39, 0.29) is 22.7 Å². The van der Waals surface area contributed by atoms with Gasteiger partial charge in [0.2, 0.25) is 0 Å². The Bertz CT molecular complexity index is 1790. The van der Waals surface area contributed by atoms with E-state index in [1.807, 2.05) is 0 Å². The summed E-state index contributed by atoms with van der Waals surface area (Å²) < 4.78 is 22.0. The maximum Gasteiger partial charge on any atom is 0.409 e. The fourth-order valence-electron chi connectivity index (χ4n) is 4.70. The highest BCUT2D eigenvalue weighted by Gasteiger charge is 2.39. The number of nitrogens with one attached hydrogen (secondary N) is 1. The summed E-state index contributed by atoms with van der Waals surface area (Å²) in [5.74, 6) is -1.59. The van der Waals surface area contributed by atoms with E-state index in [1.165, 1.54) is 24.3 Å². The van der Waals surface area contributed by atoms with Crippen LogP contribution < -0.4 is 15.0 Å². The molecule has 0 bridgehead atoms. The summed E-state index contributed by atoms with van der Waals surface area (Å²) in [6, 6.07) is 18.6. The molecule has 0 aliphatic carbocycles. The Labute approximate surface area is 226 Å². The van der Waals surface area contributed by atoms with Crippen molar-refractivity contribution in [1.29, 1.82) is 0 Å². The van der Waals surface area contributed by atoms with Crippen molar-refractivity contribution in [3.63, 3.8) is 0 Å². The first-order chi connectivity index (χ1) is 19.3. The van der Waals surface area contributed by atoms with Gasteiger partial charge < -0.3 is 9.84 Å². The number of hydrogen-bond acceptors (Lipinski definition) is 6. The zero-order chi connectivity index (χ0) is 28.0. The zero-order valence-electron chi connectivity index (χ0n) is 20.9. The highest BCUT2D eigenvalue weighted by Crippen LogP contribution is 2.39. The van der Waals surface area contributed by atoms with Crippen LogP contribution in [0.1, 0.15) is 39.3 Å². The fourth-order valence-corrected chi connectivity index (χ4v) is 4.70. The van der Waals surface area contributed by atoms with Crippen molar-refractivity contribution in [2.24, 2.45) is 0 Å². The summed E-state index contributed by atoms with van der Waals surface area (Å²) in [6.07, 6.45) is 1.32. The fraction of sp³-hybridized carbons (Fsp3) is 0.0690. The van der Waals surface area contributed by atoms with Crippen LogP contribution in [0.5, 0.6) is 5.75 Å². The molecule has 3 heterocycles. The lowest BCUT2D eigenvalue weighted by atomic mass is 10.1. The van der Waals surface area contributed by atoms with Gasteiger partial charge in [-0.05, 0) is 67.6 Å². The van der Waals surface area contributed by atoms with Crippen LogP contribution in [0.25, 0.3) is 16.6 Å². The second-order valence-corrected chi connectivity index (χ2v) is 9.05. The van der Waals surface area contributed by atoms with E-state index in [4.69, 9.17) is 4.74 Å². The van der Waals surface area contributed by atoms with Gasteiger partial charge in [0, 0.05) is 29.0 Å². The first kappa shape index (κ1) is 24.7. The van der Waals surface area contributed by atoms with Crippen LogP contribution in [0.4, 0.5) is 20.7 Å². The van der Waals surface area contributed by atoms with Crippen molar-refractivity contribution in [3.05, 3.63) is 108 Å². The van der Waals surface area contributed by atoms with Gasteiger partial charge in [0.1, 0.15) is 11.9 Å². The number of imide groups is 1. The Balaban J connectivity index is 1.47. The second-order valence-electron chi connectivity index (χ2n) is 9.05. The molecule has 6 rings (SSSR count). The van der Waals surface area contributed by atoms with Gasteiger partial charge in [-0.15, -0.1) is 0 Å². The molecule has 1 unspecified atom stereocenters. The number of carbonyl (C=O) groups excluding carboxylic acids is 2. The van der Waals surface area contributed by atoms with Crippen LogP contribution in [0, 0.1) is 5.82 Å². The summed E-state index contributed by atoms with van der Waals surface area (Å²) in [5, 5.41) is 16.2. The molecule has 40 heavy (non-hydrogen) atoms. The van der Waals surface area contributed by atoms with E-state index in [2.05, 4.69) is 15.4 Å². The highest BCUT2D eigenvalue weighted by molar-refractivity contribution is 6.34. The number of anilines is 2. The predicted octanol–water partition coefficient (Wildman–Crippen LogP) is 5.59. The molecule has 2 N–H and O–H groups in total. The highest BCUT2D eigenvalue weighted by atomic mass is 19.1. The van der Waals surface area contributed by atoms with E-state index in [0.717, 1.165) is 4.90 Å². The first-order valence-electron chi connectivity index (χ1n) is 12.2. The van der Waals surface area contributed by atoms with Gasteiger partial charge in [-0.1, -0.05) is 12.1 Å². The summed E-state index contributed by atoms with van der Waals surface area (Å²) in [6.45, 7) is 1.72. The van der Waals surface area contributed by atoms with E-state index < -0.39 is 29.8 Å². The Morgan fingerprint density at radius 1 is 1.00 bits per heavy atom. The minimum atomic E-state index is -1.24. The number of ether oxygens (including phenoxy) is 1. The third kappa shape index (κ3) is 4.29. The molecule has 1 aliphatic heterocycles. The van der Waals surface area contributed by atoms with Gasteiger partial charge >= 0.3 is 6.09 Å². The normalized spacial score (nSPS) is 13.4. The third-order valence-corrected chi connectivity index (χ3v) is 6.50. The van der Waals surface area contributed by atoms with Crippen LogP contribution in [0.2, 0.25) is 0 Å². The number of pyridine rings is 1. The SMILES string of the molecule is CC(Oc1cc2cc(F)ccc2nc1N1C(=O)c2ccccc2C1=O)c1cc(NC(=O)O)ccc1-n1cccn1. The molecular formula is C29H20FN5O5. The molecule has 1 aliphatic rings. The van der Waals surface area contributed by atoms with Crippen LogP contribution >= 0.6 is 0 Å². The molecule has 3 aromatic carbocycles. The third-order valence-electron chi connectivity index (χ3n) is 6.50. The van der Waals surface area contributed by atoms with Gasteiger partial charge in [0.25, 0.3) is 11.8 Å². The Morgan fingerprint density at radius 2 is 1.75 bits per heavy atom. The Hall–Kier alpha value is -5.58. The van der Waals surface area contributed by atoms with Gasteiger partial charge in [-0.3, -0.25) is 14.9 Å². The average molecular weight is 538 g/mol. The molecule has 3 amide bonds. The molecule has 11 heteroatoms. The number of rotatable bonds is 6. The monoisotopic (exact) mass is 537 g/mol. The molecule has 5 aromatic rings. The summed E-state index contributed by atoms with van der Waals surface area (Å²) in [5.41, 5.74) is 2.28. The van der Waals surface area contributed by atoms with Gasteiger partial charge in [-0.2, -0.15) is 5.10 Å². The number of fused-ring (bicyclic) bond motifs is 2. The van der Waals surface area contributed by atoms with Crippen molar-refractivity contribution in [2.75, 3.05) is 10.2 Å².